The molecule has 0 aliphatic heterocycles. The molecule has 0 aromatic heterocycles. The number of nitrogen functional groups attached to an aromatic ring is 1. The molecule has 0 aliphatic rings. The summed E-state index contributed by atoms with van der Waals surface area (Å²) in [5.41, 5.74) is 7.60. The third-order valence-electron chi connectivity index (χ3n) is 2.00. The summed E-state index contributed by atoms with van der Waals surface area (Å²) in [5.74, 6) is 2.06. The lowest BCUT2D eigenvalue weighted by Crippen LogP contribution is -1.99. The van der Waals surface area contributed by atoms with Gasteiger partial charge in [-0.2, -0.15) is 11.8 Å². The highest BCUT2D eigenvalue weighted by Gasteiger charge is 1.97. The van der Waals surface area contributed by atoms with Gasteiger partial charge in [0.05, 0.1) is 6.61 Å². The van der Waals surface area contributed by atoms with Gasteiger partial charge in [-0.15, -0.1) is 0 Å². The van der Waals surface area contributed by atoms with Crippen LogP contribution in [0.4, 0.5) is 5.69 Å². The number of ether oxygens (including phenoxy) is 1. The highest BCUT2D eigenvalue weighted by atomic mass is 32.2. The number of anilines is 1. The number of rotatable bonds is 5. The van der Waals surface area contributed by atoms with E-state index in [-0.39, 0.29) is 0 Å². The molecule has 0 saturated heterocycles. The summed E-state index contributed by atoms with van der Waals surface area (Å²) in [6.45, 7) is 2.77. The van der Waals surface area contributed by atoms with Gasteiger partial charge in [0.1, 0.15) is 5.75 Å². The molecule has 14 heavy (non-hydrogen) atoms. The Morgan fingerprint density at radius 1 is 1.43 bits per heavy atom. The van der Waals surface area contributed by atoms with E-state index in [0.29, 0.717) is 0 Å². The van der Waals surface area contributed by atoms with Crippen LogP contribution in [-0.4, -0.2) is 18.6 Å². The third-order valence-corrected chi connectivity index (χ3v) is 2.70. The Balaban J connectivity index is 2.39. The molecule has 0 spiro atoms. The van der Waals surface area contributed by atoms with Crippen molar-refractivity contribution < 1.29 is 4.74 Å². The van der Waals surface area contributed by atoms with Crippen LogP contribution in [0.2, 0.25) is 0 Å². The molecule has 0 radical (unpaired) electrons. The van der Waals surface area contributed by atoms with Crippen molar-refractivity contribution in [3.8, 4) is 5.75 Å². The summed E-state index contributed by atoms with van der Waals surface area (Å²) >= 11 is 1.84. The van der Waals surface area contributed by atoms with Crippen molar-refractivity contribution in [1.29, 1.82) is 0 Å². The molecule has 0 amide bonds. The normalized spacial score (nSPS) is 10.1. The van der Waals surface area contributed by atoms with Crippen molar-refractivity contribution in [2.45, 2.75) is 13.3 Å². The van der Waals surface area contributed by atoms with Gasteiger partial charge < -0.3 is 10.5 Å². The first-order valence-electron chi connectivity index (χ1n) is 4.72. The maximum absolute atomic E-state index is 5.71. The first kappa shape index (κ1) is 11.2. The molecule has 0 fully saturated rings. The lowest BCUT2D eigenvalue weighted by Gasteiger charge is -2.07. The van der Waals surface area contributed by atoms with Gasteiger partial charge in [-0.25, -0.2) is 0 Å². The molecule has 78 valence electrons. The summed E-state index contributed by atoms with van der Waals surface area (Å²) in [7, 11) is 0. The monoisotopic (exact) mass is 211 g/mol. The molecule has 0 heterocycles. The quantitative estimate of drug-likeness (QED) is 0.601. The number of hydrogen-bond acceptors (Lipinski definition) is 3. The Bertz CT molecular complexity index is 289. The predicted octanol–water partition coefficient (Wildman–Crippen LogP) is 2.71. The number of hydrogen-bond donors (Lipinski definition) is 1. The second-order valence-electron chi connectivity index (χ2n) is 3.21. The van der Waals surface area contributed by atoms with Crippen LogP contribution in [0, 0.1) is 6.92 Å². The molecule has 1 aromatic carbocycles. The highest BCUT2D eigenvalue weighted by Crippen LogP contribution is 2.18. The van der Waals surface area contributed by atoms with Crippen LogP contribution in [0.5, 0.6) is 5.75 Å². The van der Waals surface area contributed by atoms with Crippen LogP contribution in [0.15, 0.2) is 18.2 Å². The van der Waals surface area contributed by atoms with E-state index in [1.807, 2.05) is 36.9 Å². The minimum atomic E-state index is 0.782. The zero-order chi connectivity index (χ0) is 10.4. The van der Waals surface area contributed by atoms with Gasteiger partial charge in [0.2, 0.25) is 0 Å². The Labute approximate surface area is 89.8 Å². The largest absolute Gasteiger partial charge is 0.494 e. The molecule has 0 saturated carbocycles. The lowest BCUT2D eigenvalue weighted by atomic mass is 10.2. The second kappa shape index (κ2) is 5.81. The Hall–Kier alpha value is -0.830. The van der Waals surface area contributed by atoms with Crippen molar-refractivity contribution >= 4 is 17.4 Å². The van der Waals surface area contributed by atoms with Crippen molar-refractivity contribution in [3.63, 3.8) is 0 Å². The minimum absolute atomic E-state index is 0.782. The smallest absolute Gasteiger partial charge is 0.119 e. The van der Waals surface area contributed by atoms with Gasteiger partial charge in [0.25, 0.3) is 0 Å². The van der Waals surface area contributed by atoms with Gasteiger partial charge in [0, 0.05) is 5.69 Å². The SMILES string of the molecule is CSCCCOc1ccc(N)c(C)c1. The predicted molar refractivity (Wildman–Crippen MR) is 64.1 cm³/mol. The maximum Gasteiger partial charge on any atom is 0.119 e. The molecule has 2 nitrogen and oxygen atoms in total. The van der Waals surface area contributed by atoms with Crippen LogP contribution in [0.1, 0.15) is 12.0 Å². The van der Waals surface area contributed by atoms with E-state index in [4.69, 9.17) is 10.5 Å². The average Bonchev–Trinajstić information content (AvgIpc) is 2.18. The van der Waals surface area contributed by atoms with E-state index >= 15 is 0 Å². The summed E-state index contributed by atoms with van der Waals surface area (Å²) in [4.78, 5) is 0. The van der Waals surface area contributed by atoms with E-state index in [2.05, 4.69) is 6.26 Å². The molecular weight excluding hydrogens is 194 g/mol. The van der Waals surface area contributed by atoms with E-state index in [9.17, 15) is 0 Å². The third kappa shape index (κ3) is 3.50. The Morgan fingerprint density at radius 2 is 2.21 bits per heavy atom. The van der Waals surface area contributed by atoms with Gasteiger partial charge >= 0.3 is 0 Å². The van der Waals surface area contributed by atoms with E-state index in [1.54, 1.807) is 0 Å². The van der Waals surface area contributed by atoms with Crippen LogP contribution in [-0.2, 0) is 0 Å². The van der Waals surface area contributed by atoms with Crippen LogP contribution in [0.25, 0.3) is 0 Å². The number of aryl methyl sites for hydroxylation is 1. The first-order chi connectivity index (χ1) is 6.74. The fourth-order valence-electron chi connectivity index (χ4n) is 1.13. The summed E-state index contributed by atoms with van der Waals surface area (Å²) in [6.07, 6.45) is 3.19. The lowest BCUT2D eigenvalue weighted by molar-refractivity contribution is 0.318. The average molecular weight is 211 g/mol. The molecule has 1 aromatic rings. The van der Waals surface area contributed by atoms with Gasteiger partial charge in [-0.3, -0.25) is 0 Å². The molecule has 3 heteroatoms. The molecule has 0 atom stereocenters. The molecule has 0 aliphatic carbocycles. The van der Waals surface area contributed by atoms with Crippen molar-refractivity contribution in [2.24, 2.45) is 0 Å². The zero-order valence-electron chi connectivity index (χ0n) is 8.75. The van der Waals surface area contributed by atoms with E-state index in [1.165, 1.54) is 0 Å². The summed E-state index contributed by atoms with van der Waals surface area (Å²) < 4.78 is 5.57. The Morgan fingerprint density at radius 3 is 2.86 bits per heavy atom. The number of thioether (sulfide) groups is 1. The first-order valence-corrected chi connectivity index (χ1v) is 6.11. The molecule has 0 bridgehead atoms. The standard InChI is InChI=1S/C11H17NOS/c1-9-8-10(4-5-11(9)12)13-6-3-7-14-2/h4-5,8H,3,6-7,12H2,1-2H3. The van der Waals surface area contributed by atoms with Gasteiger partial charge in [0.15, 0.2) is 0 Å². The summed E-state index contributed by atoms with van der Waals surface area (Å²) in [6, 6.07) is 5.79. The number of benzene rings is 1. The van der Waals surface area contributed by atoms with Crippen LogP contribution >= 0.6 is 11.8 Å². The zero-order valence-corrected chi connectivity index (χ0v) is 9.56. The second-order valence-corrected chi connectivity index (χ2v) is 4.20. The van der Waals surface area contributed by atoms with Gasteiger partial charge in [-0.05, 0) is 49.1 Å². The fourth-order valence-corrected chi connectivity index (χ4v) is 1.54. The topological polar surface area (TPSA) is 35.2 Å². The minimum Gasteiger partial charge on any atom is -0.494 e. The summed E-state index contributed by atoms with van der Waals surface area (Å²) in [5, 5.41) is 0. The molecule has 2 N–H and O–H groups in total. The highest BCUT2D eigenvalue weighted by molar-refractivity contribution is 7.98. The van der Waals surface area contributed by atoms with E-state index < -0.39 is 0 Å². The number of nitrogens with two attached hydrogens (primary N) is 1. The van der Waals surface area contributed by atoms with E-state index in [0.717, 1.165) is 35.8 Å². The molecule has 0 unspecified atom stereocenters. The van der Waals surface area contributed by atoms with Crippen LogP contribution < -0.4 is 10.5 Å². The van der Waals surface area contributed by atoms with Crippen molar-refractivity contribution in [2.75, 3.05) is 24.3 Å². The fraction of sp³-hybridized carbons (Fsp3) is 0.455. The molecular formula is C11H17NOS. The Kier molecular flexibility index (Phi) is 4.66. The van der Waals surface area contributed by atoms with Crippen molar-refractivity contribution in [3.05, 3.63) is 23.8 Å². The molecule has 1 rings (SSSR count). The van der Waals surface area contributed by atoms with Crippen molar-refractivity contribution in [1.82, 2.24) is 0 Å². The maximum atomic E-state index is 5.71. The van der Waals surface area contributed by atoms with Gasteiger partial charge in [-0.1, -0.05) is 0 Å². The van der Waals surface area contributed by atoms with Crippen LogP contribution in [0.3, 0.4) is 0 Å².